The van der Waals surface area contributed by atoms with Crippen molar-refractivity contribution >= 4 is 22.6 Å². The summed E-state index contributed by atoms with van der Waals surface area (Å²) in [5, 5.41) is 1.65. The highest BCUT2D eigenvalue weighted by Gasteiger charge is 2.11. The van der Waals surface area contributed by atoms with E-state index in [-0.39, 0.29) is 6.04 Å². The second-order valence-corrected chi connectivity index (χ2v) is 3.95. The zero-order chi connectivity index (χ0) is 10.3. The lowest BCUT2D eigenvalue weighted by atomic mass is 10.1. The first-order chi connectivity index (χ1) is 6.59. The first kappa shape index (κ1) is 9.56. The number of aryl methyl sites for hydroxylation is 1. The van der Waals surface area contributed by atoms with Crippen molar-refractivity contribution in [1.29, 1.82) is 0 Å². The number of furan rings is 1. The quantitative estimate of drug-likeness (QED) is 0.782. The highest BCUT2D eigenvalue weighted by molar-refractivity contribution is 6.35. The Kier molecular flexibility index (Phi) is 2.25. The van der Waals surface area contributed by atoms with Crippen molar-refractivity contribution in [1.82, 2.24) is 0 Å². The number of rotatable bonds is 1. The van der Waals surface area contributed by atoms with E-state index in [9.17, 15) is 0 Å². The normalized spacial score (nSPS) is 13.4. The molecule has 0 aliphatic rings. The van der Waals surface area contributed by atoms with Crippen LogP contribution in [0.15, 0.2) is 22.6 Å². The number of hydrogen-bond acceptors (Lipinski definition) is 2. The van der Waals surface area contributed by atoms with Crippen LogP contribution in [0, 0.1) is 6.92 Å². The fraction of sp³-hybridized carbons (Fsp3) is 0.273. The highest BCUT2D eigenvalue weighted by Crippen LogP contribution is 2.30. The topological polar surface area (TPSA) is 39.2 Å². The Morgan fingerprint density at radius 2 is 2.14 bits per heavy atom. The number of fused-ring (bicyclic) bond motifs is 1. The van der Waals surface area contributed by atoms with Gasteiger partial charge in [-0.1, -0.05) is 17.7 Å². The van der Waals surface area contributed by atoms with Gasteiger partial charge in [-0.25, -0.2) is 0 Å². The summed E-state index contributed by atoms with van der Waals surface area (Å²) in [6.45, 7) is 3.88. The van der Waals surface area contributed by atoms with Gasteiger partial charge in [0.2, 0.25) is 0 Å². The van der Waals surface area contributed by atoms with E-state index in [2.05, 4.69) is 0 Å². The molecule has 1 aromatic heterocycles. The molecule has 0 spiro atoms. The lowest BCUT2D eigenvalue weighted by molar-refractivity contribution is 0.511. The van der Waals surface area contributed by atoms with Crippen molar-refractivity contribution in [3.05, 3.63) is 34.5 Å². The highest BCUT2D eigenvalue weighted by atomic mass is 35.5. The van der Waals surface area contributed by atoms with Gasteiger partial charge in [0.05, 0.1) is 11.1 Å². The van der Waals surface area contributed by atoms with Crippen molar-refractivity contribution in [3.63, 3.8) is 0 Å². The predicted molar refractivity (Wildman–Crippen MR) is 58.6 cm³/mol. The molecule has 0 saturated heterocycles. The van der Waals surface area contributed by atoms with Gasteiger partial charge in [-0.05, 0) is 31.5 Å². The molecule has 1 atom stereocenters. The number of benzene rings is 1. The summed E-state index contributed by atoms with van der Waals surface area (Å²) in [4.78, 5) is 0. The third kappa shape index (κ3) is 1.41. The molecule has 0 bridgehead atoms. The molecule has 0 aliphatic heterocycles. The Morgan fingerprint density at radius 3 is 2.71 bits per heavy atom. The van der Waals surface area contributed by atoms with Crippen LogP contribution in [0.25, 0.3) is 11.0 Å². The molecule has 0 radical (unpaired) electrons. The van der Waals surface area contributed by atoms with Gasteiger partial charge in [-0.15, -0.1) is 0 Å². The van der Waals surface area contributed by atoms with E-state index in [1.807, 2.05) is 32.0 Å². The smallest absolute Gasteiger partial charge is 0.138 e. The Labute approximate surface area is 87.6 Å². The van der Waals surface area contributed by atoms with E-state index in [1.165, 1.54) is 0 Å². The van der Waals surface area contributed by atoms with Crippen LogP contribution in [0.5, 0.6) is 0 Å². The summed E-state index contributed by atoms with van der Waals surface area (Å²) < 4.78 is 5.63. The largest absolute Gasteiger partial charge is 0.459 e. The van der Waals surface area contributed by atoms with Gasteiger partial charge >= 0.3 is 0 Å². The minimum Gasteiger partial charge on any atom is -0.459 e. The van der Waals surface area contributed by atoms with Crippen molar-refractivity contribution in [2.24, 2.45) is 5.73 Å². The SMILES string of the molecule is Cc1ccc(Cl)c2cc(C(C)N)oc12. The van der Waals surface area contributed by atoms with Gasteiger partial charge in [-0.3, -0.25) is 0 Å². The summed E-state index contributed by atoms with van der Waals surface area (Å²) in [5.41, 5.74) is 7.66. The van der Waals surface area contributed by atoms with Gasteiger partial charge in [-0.2, -0.15) is 0 Å². The summed E-state index contributed by atoms with van der Waals surface area (Å²) in [6, 6.07) is 5.63. The first-order valence-corrected chi connectivity index (χ1v) is 4.91. The molecule has 2 aromatic rings. The average molecular weight is 210 g/mol. The van der Waals surface area contributed by atoms with Crippen molar-refractivity contribution in [3.8, 4) is 0 Å². The Morgan fingerprint density at radius 1 is 1.43 bits per heavy atom. The minimum absolute atomic E-state index is 0.0992. The molecule has 2 rings (SSSR count). The third-order valence-corrected chi connectivity index (χ3v) is 2.62. The van der Waals surface area contributed by atoms with E-state index >= 15 is 0 Å². The van der Waals surface area contributed by atoms with Crippen LogP contribution >= 0.6 is 11.6 Å². The second kappa shape index (κ2) is 3.30. The van der Waals surface area contributed by atoms with Crippen molar-refractivity contribution in [2.75, 3.05) is 0 Å². The fourth-order valence-electron chi connectivity index (χ4n) is 1.47. The van der Waals surface area contributed by atoms with Gasteiger partial charge in [0.1, 0.15) is 11.3 Å². The van der Waals surface area contributed by atoms with Crippen LogP contribution in [-0.2, 0) is 0 Å². The summed E-state index contributed by atoms with van der Waals surface area (Å²) in [5.74, 6) is 0.774. The Bertz CT molecular complexity index is 434. The second-order valence-electron chi connectivity index (χ2n) is 3.54. The van der Waals surface area contributed by atoms with Crippen molar-refractivity contribution < 1.29 is 4.42 Å². The molecule has 74 valence electrons. The Hall–Kier alpha value is -0.990. The molecule has 1 aromatic carbocycles. The monoisotopic (exact) mass is 209 g/mol. The first-order valence-electron chi connectivity index (χ1n) is 4.53. The minimum atomic E-state index is -0.0992. The molecule has 14 heavy (non-hydrogen) atoms. The standard InChI is InChI=1S/C11H12ClNO/c1-6-3-4-9(12)8-5-10(7(2)13)14-11(6)8/h3-5,7H,13H2,1-2H3. The summed E-state index contributed by atoms with van der Waals surface area (Å²) >= 11 is 6.05. The maximum Gasteiger partial charge on any atom is 0.138 e. The van der Waals surface area contributed by atoms with Crippen molar-refractivity contribution in [2.45, 2.75) is 19.9 Å². The third-order valence-electron chi connectivity index (χ3n) is 2.30. The van der Waals surface area contributed by atoms with Crippen LogP contribution in [-0.4, -0.2) is 0 Å². The molecule has 3 heteroatoms. The molecule has 0 amide bonds. The predicted octanol–water partition coefficient (Wildman–Crippen LogP) is 3.41. The number of hydrogen-bond donors (Lipinski definition) is 1. The number of nitrogens with two attached hydrogens (primary N) is 1. The van der Waals surface area contributed by atoms with Crippen LogP contribution < -0.4 is 5.73 Å². The van der Waals surface area contributed by atoms with E-state index < -0.39 is 0 Å². The lowest BCUT2D eigenvalue weighted by Gasteiger charge is -1.97. The molecule has 1 unspecified atom stereocenters. The molecular weight excluding hydrogens is 198 g/mol. The molecular formula is C11H12ClNO. The summed E-state index contributed by atoms with van der Waals surface area (Å²) in [7, 11) is 0. The van der Waals surface area contributed by atoms with Crippen LogP contribution in [0.1, 0.15) is 24.3 Å². The van der Waals surface area contributed by atoms with E-state index in [0.29, 0.717) is 5.02 Å². The molecule has 0 aliphatic carbocycles. The lowest BCUT2D eigenvalue weighted by Crippen LogP contribution is -2.02. The number of halogens is 1. The zero-order valence-corrected chi connectivity index (χ0v) is 8.93. The molecule has 2 nitrogen and oxygen atoms in total. The zero-order valence-electron chi connectivity index (χ0n) is 8.17. The Balaban J connectivity index is 2.75. The maximum atomic E-state index is 6.05. The van der Waals surface area contributed by atoms with E-state index in [4.69, 9.17) is 21.8 Å². The molecule has 1 heterocycles. The van der Waals surface area contributed by atoms with Gasteiger partial charge in [0, 0.05) is 5.39 Å². The van der Waals surface area contributed by atoms with Gasteiger partial charge in [0.15, 0.2) is 0 Å². The van der Waals surface area contributed by atoms with Gasteiger partial charge in [0.25, 0.3) is 0 Å². The molecule has 2 N–H and O–H groups in total. The average Bonchev–Trinajstić information content (AvgIpc) is 2.57. The van der Waals surface area contributed by atoms with E-state index in [1.54, 1.807) is 0 Å². The maximum absolute atomic E-state index is 6.05. The van der Waals surface area contributed by atoms with Gasteiger partial charge < -0.3 is 10.2 Å². The van der Waals surface area contributed by atoms with E-state index in [0.717, 1.165) is 22.3 Å². The van der Waals surface area contributed by atoms with Crippen LogP contribution in [0.4, 0.5) is 0 Å². The van der Waals surface area contributed by atoms with Crippen LogP contribution in [0.3, 0.4) is 0 Å². The fourth-order valence-corrected chi connectivity index (χ4v) is 1.67. The summed E-state index contributed by atoms with van der Waals surface area (Å²) in [6.07, 6.45) is 0. The molecule has 0 saturated carbocycles. The molecule has 0 fully saturated rings. The van der Waals surface area contributed by atoms with Crippen LogP contribution in [0.2, 0.25) is 5.02 Å².